The number of rotatable bonds is 0. The first kappa shape index (κ1) is 8.48. The second-order valence-corrected chi connectivity index (χ2v) is 3.83. The lowest BCUT2D eigenvalue weighted by Gasteiger charge is -2.43. The molecule has 0 aromatic carbocycles. The van der Waals surface area contributed by atoms with Gasteiger partial charge in [0.15, 0.2) is 0 Å². The zero-order chi connectivity index (χ0) is 8.44. The van der Waals surface area contributed by atoms with Crippen LogP contribution in [0.15, 0.2) is 0 Å². The third-order valence-corrected chi connectivity index (χ3v) is 2.64. The van der Waals surface area contributed by atoms with Gasteiger partial charge in [0, 0.05) is 12.6 Å². The summed E-state index contributed by atoms with van der Waals surface area (Å²) in [5, 5.41) is 3.48. The van der Waals surface area contributed by atoms with Crippen molar-refractivity contribution in [2.75, 3.05) is 19.8 Å². The summed E-state index contributed by atoms with van der Waals surface area (Å²) in [6, 6.07) is 0.570. The Labute approximate surface area is 73.4 Å². The Balaban J connectivity index is 1.97. The second-order valence-electron chi connectivity index (χ2n) is 3.83. The number of hydrogen-bond acceptors (Lipinski definition) is 3. The minimum absolute atomic E-state index is 0.143. The molecule has 0 aromatic heterocycles. The van der Waals surface area contributed by atoms with E-state index in [1.165, 1.54) is 0 Å². The predicted octanol–water partition coefficient (Wildman–Crippen LogP) is 0.891. The molecule has 0 aromatic rings. The van der Waals surface area contributed by atoms with Crippen LogP contribution in [0.3, 0.4) is 0 Å². The maximum atomic E-state index is 5.74. The van der Waals surface area contributed by atoms with Gasteiger partial charge in [-0.3, -0.25) is 5.32 Å². The number of ether oxygens (including phenoxy) is 2. The van der Waals surface area contributed by atoms with Gasteiger partial charge in [0.05, 0.1) is 13.2 Å². The molecule has 2 heterocycles. The van der Waals surface area contributed by atoms with Crippen LogP contribution in [0.5, 0.6) is 0 Å². The Bertz CT molecular complexity index is 149. The molecule has 3 nitrogen and oxygen atoms in total. The van der Waals surface area contributed by atoms with Gasteiger partial charge in [0.2, 0.25) is 0 Å². The van der Waals surface area contributed by atoms with Crippen molar-refractivity contribution in [3.8, 4) is 0 Å². The quantitative estimate of drug-likeness (QED) is 0.587. The van der Waals surface area contributed by atoms with E-state index in [2.05, 4.69) is 12.2 Å². The summed E-state index contributed by atoms with van der Waals surface area (Å²) >= 11 is 0. The van der Waals surface area contributed by atoms with Crippen LogP contribution in [0, 0.1) is 0 Å². The van der Waals surface area contributed by atoms with Crippen LogP contribution in [0.4, 0.5) is 0 Å². The van der Waals surface area contributed by atoms with Gasteiger partial charge < -0.3 is 9.47 Å². The lowest BCUT2D eigenvalue weighted by Crippen LogP contribution is -2.59. The van der Waals surface area contributed by atoms with Crippen LogP contribution in [0.2, 0.25) is 0 Å². The van der Waals surface area contributed by atoms with Crippen LogP contribution in [0.1, 0.15) is 26.2 Å². The van der Waals surface area contributed by atoms with Gasteiger partial charge in [-0.05, 0) is 26.2 Å². The van der Waals surface area contributed by atoms with Crippen LogP contribution >= 0.6 is 0 Å². The molecule has 2 aliphatic rings. The highest BCUT2D eigenvalue weighted by Gasteiger charge is 2.37. The molecule has 3 heteroatoms. The van der Waals surface area contributed by atoms with E-state index in [0.29, 0.717) is 6.04 Å². The lowest BCUT2D eigenvalue weighted by atomic mass is 10.0. The Morgan fingerprint density at radius 2 is 2.33 bits per heavy atom. The Kier molecular flexibility index (Phi) is 2.35. The van der Waals surface area contributed by atoms with E-state index in [0.717, 1.165) is 39.1 Å². The first-order chi connectivity index (χ1) is 5.81. The van der Waals surface area contributed by atoms with Crippen molar-refractivity contribution in [2.24, 2.45) is 0 Å². The minimum Gasteiger partial charge on any atom is -0.377 e. The minimum atomic E-state index is -0.143. The third-order valence-electron chi connectivity index (χ3n) is 2.64. The van der Waals surface area contributed by atoms with E-state index >= 15 is 0 Å². The molecule has 2 saturated heterocycles. The molecule has 0 saturated carbocycles. The maximum Gasteiger partial charge on any atom is 0.143 e. The number of nitrogens with one attached hydrogen (secondary N) is 1. The fourth-order valence-electron chi connectivity index (χ4n) is 1.99. The summed E-state index contributed by atoms with van der Waals surface area (Å²) in [6.07, 6.45) is 3.32. The Hall–Kier alpha value is -0.120. The van der Waals surface area contributed by atoms with Gasteiger partial charge in [-0.2, -0.15) is 0 Å². The van der Waals surface area contributed by atoms with E-state index in [1.807, 2.05) is 0 Å². The molecule has 0 aliphatic carbocycles. The van der Waals surface area contributed by atoms with Gasteiger partial charge in [0.1, 0.15) is 5.72 Å². The smallest absolute Gasteiger partial charge is 0.143 e. The number of hydrogen-bond donors (Lipinski definition) is 1. The zero-order valence-corrected chi connectivity index (χ0v) is 7.64. The van der Waals surface area contributed by atoms with E-state index in [-0.39, 0.29) is 5.72 Å². The lowest BCUT2D eigenvalue weighted by molar-refractivity contribution is -0.172. The molecule has 2 fully saturated rings. The van der Waals surface area contributed by atoms with Crippen molar-refractivity contribution in [3.05, 3.63) is 0 Å². The first-order valence-electron chi connectivity index (χ1n) is 4.80. The van der Waals surface area contributed by atoms with Gasteiger partial charge in [-0.15, -0.1) is 0 Å². The molecule has 2 rings (SSSR count). The SMILES string of the molecule is CC1CCOC2(CCCOC2)N1. The predicted molar refractivity (Wildman–Crippen MR) is 46.0 cm³/mol. The van der Waals surface area contributed by atoms with Crippen LogP contribution in [-0.2, 0) is 9.47 Å². The van der Waals surface area contributed by atoms with Gasteiger partial charge in [0.25, 0.3) is 0 Å². The van der Waals surface area contributed by atoms with E-state index in [9.17, 15) is 0 Å². The fourth-order valence-corrected chi connectivity index (χ4v) is 1.99. The average Bonchev–Trinajstić information content (AvgIpc) is 2.05. The van der Waals surface area contributed by atoms with Crippen molar-refractivity contribution in [3.63, 3.8) is 0 Å². The largest absolute Gasteiger partial charge is 0.377 e. The first-order valence-corrected chi connectivity index (χ1v) is 4.80. The average molecular weight is 171 g/mol. The Morgan fingerprint density at radius 1 is 1.42 bits per heavy atom. The van der Waals surface area contributed by atoms with Gasteiger partial charge in [-0.25, -0.2) is 0 Å². The molecule has 2 atom stereocenters. The molecular formula is C9H17NO2. The monoisotopic (exact) mass is 171 g/mol. The molecule has 0 radical (unpaired) electrons. The van der Waals surface area contributed by atoms with Crippen LogP contribution in [-0.4, -0.2) is 31.6 Å². The maximum absolute atomic E-state index is 5.74. The summed E-state index contributed by atoms with van der Waals surface area (Å²) in [7, 11) is 0. The molecule has 12 heavy (non-hydrogen) atoms. The van der Waals surface area contributed by atoms with Crippen molar-refractivity contribution < 1.29 is 9.47 Å². The summed E-state index contributed by atoms with van der Waals surface area (Å²) in [5.41, 5.74) is -0.143. The highest BCUT2D eigenvalue weighted by Crippen LogP contribution is 2.24. The third kappa shape index (κ3) is 1.63. The molecule has 70 valence electrons. The molecule has 2 unspecified atom stereocenters. The van der Waals surface area contributed by atoms with Crippen molar-refractivity contribution >= 4 is 0 Å². The zero-order valence-electron chi connectivity index (χ0n) is 7.64. The van der Waals surface area contributed by atoms with E-state index in [1.54, 1.807) is 0 Å². The van der Waals surface area contributed by atoms with Gasteiger partial charge >= 0.3 is 0 Å². The van der Waals surface area contributed by atoms with E-state index in [4.69, 9.17) is 9.47 Å². The van der Waals surface area contributed by atoms with Crippen LogP contribution < -0.4 is 5.32 Å². The molecule has 0 amide bonds. The summed E-state index contributed by atoms with van der Waals surface area (Å²) in [5.74, 6) is 0. The van der Waals surface area contributed by atoms with E-state index < -0.39 is 0 Å². The molecule has 1 N–H and O–H groups in total. The summed E-state index contributed by atoms with van der Waals surface area (Å²) in [4.78, 5) is 0. The van der Waals surface area contributed by atoms with Crippen molar-refractivity contribution in [1.82, 2.24) is 5.32 Å². The highest BCUT2D eigenvalue weighted by atomic mass is 16.6. The molecular weight excluding hydrogens is 154 g/mol. The standard InChI is InChI=1S/C9H17NO2/c1-8-3-6-12-9(10-8)4-2-5-11-7-9/h8,10H,2-7H2,1H3. The summed E-state index contributed by atoms with van der Waals surface area (Å²) < 4.78 is 11.2. The normalized spacial score (nSPS) is 43.2. The fraction of sp³-hybridized carbons (Fsp3) is 1.00. The van der Waals surface area contributed by atoms with Crippen LogP contribution in [0.25, 0.3) is 0 Å². The second kappa shape index (κ2) is 3.32. The summed E-state index contributed by atoms with van der Waals surface area (Å²) in [6.45, 7) is 4.69. The molecule has 2 aliphatic heterocycles. The van der Waals surface area contributed by atoms with Gasteiger partial charge in [-0.1, -0.05) is 0 Å². The topological polar surface area (TPSA) is 30.5 Å². The highest BCUT2D eigenvalue weighted by molar-refractivity contribution is 4.86. The molecule has 0 bridgehead atoms. The van der Waals surface area contributed by atoms with Crippen molar-refractivity contribution in [2.45, 2.75) is 38.0 Å². The van der Waals surface area contributed by atoms with Crippen molar-refractivity contribution in [1.29, 1.82) is 0 Å². The molecule has 1 spiro atoms. The Morgan fingerprint density at radius 3 is 3.00 bits per heavy atom.